The molecule has 0 fully saturated rings. The molecule has 0 atom stereocenters. The van der Waals surface area contributed by atoms with E-state index >= 15 is 0 Å². The predicted octanol–water partition coefficient (Wildman–Crippen LogP) is 3.34. The zero-order valence-electron chi connectivity index (χ0n) is 9.00. The van der Waals surface area contributed by atoms with E-state index in [1.807, 2.05) is 36.4 Å². The molecule has 0 spiro atoms. The average Bonchev–Trinajstić information content (AvgIpc) is 2.07. The predicted molar refractivity (Wildman–Crippen MR) is 76.4 cm³/mol. The molecular weight excluding hydrogens is 361 g/mol. The molecule has 1 N–H and O–H groups in total. The molecule has 0 radical (unpaired) electrons. The van der Waals surface area contributed by atoms with E-state index in [1.54, 1.807) is 18.2 Å². The van der Waals surface area contributed by atoms with Crippen LogP contribution in [-0.4, -0.2) is 14.2 Å². The van der Waals surface area contributed by atoms with Gasteiger partial charge in [-0.05, 0) is 46.7 Å². The fourth-order valence-electron chi connectivity index (χ4n) is 1.22. The Labute approximate surface area is 115 Å². The molecule has 0 saturated heterocycles. The first-order chi connectivity index (χ1) is 7.30. The standard InChI is InChI=1S/C10H13ClINO2S/c1-7(2)6-16(14,15)13-10-4-3-8(11)5-9(10)12/h3-5,7,13H,6H2,1-2H3. The van der Waals surface area contributed by atoms with Gasteiger partial charge in [-0.1, -0.05) is 25.4 Å². The first kappa shape index (κ1) is 14.1. The van der Waals surface area contributed by atoms with Crippen LogP contribution in [0.4, 0.5) is 5.69 Å². The van der Waals surface area contributed by atoms with Crippen LogP contribution in [-0.2, 0) is 10.0 Å². The molecule has 3 nitrogen and oxygen atoms in total. The third kappa shape index (κ3) is 4.47. The Balaban J connectivity index is 2.88. The van der Waals surface area contributed by atoms with Crippen molar-refractivity contribution in [2.45, 2.75) is 13.8 Å². The van der Waals surface area contributed by atoms with E-state index < -0.39 is 10.0 Å². The fraction of sp³-hybridized carbons (Fsp3) is 0.400. The van der Waals surface area contributed by atoms with Crippen molar-refractivity contribution in [1.82, 2.24) is 0 Å². The molecular formula is C10H13ClINO2S. The Morgan fingerprint density at radius 3 is 2.56 bits per heavy atom. The summed E-state index contributed by atoms with van der Waals surface area (Å²) in [6.07, 6.45) is 0. The summed E-state index contributed by atoms with van der Waals surface area (Å²) < 4.78 is 26.7. The van der Waals surface area contributed by atoms with Gasteiger partial charge in [-0.2, -0.15) is 0 Å². The van der Waals surface area contributed by atoms with Crippen LogP contribution in [0.2, 0.25) is 5.02 Å². The zero-order valence-corrected chi connectivity index (χ0v) is 12.7. The van der Waals surface area contributed by atoms with Gasteiger partial charge in [0.1, 0.15) is 0 Å². The summed E-state index contributed by atoms with van der Waals surface area (Å²) in [6.45, 7) is 3.73. The van der Waals surface area contributed by atoms with E-state index in [2.05, 4.69) is 4.72 Å². The topological polar surface area (TPSA) is 46.2 Å². The largest absolute Gasteiger partial charge is 0.282 e. The number of benzene rings is 1. The second-order valence-electron chi connectivity index (χ2n) is 3.90. The molecule has 0 bridgehead atoms. The van der Waals surface area contributed by atoms with Gasteiger partial charge in [0.15, 0.2) is 0 Å². The first-order valence-corrected chi connectivity index (χ1v) is 7.86. The van der Waals surface area contributed by atoms with Gasteiger partial charge in [-0.3, -0.25) is 4.72 Å². The van der Waals surface area contributed by atoms with Crippen LogP contribution in [0.3, 0.4) is 0 Å². The Kier molecular flexibility index (Phi) is 4.88. The summed E-state index contributed by atoms with van der Waals surface area (Å²) >= 11 is 7.84. The van der Waals surface area contributed by atoms with Gasteiger partial charge in [-0.25, -0.2) is 8.42 Å². The SMILES string of the molecule is CC(C)CS(=O)(=O)Nc1ccc(Cl)cc1I. The molecule has 1 aromatic carbocycles. The second-order valence-corrected chi connectivity index (χ2v) is 7.27. The number of rotatable bonds is 4. The van der Waals surface area contributed by atoms with Crippen LogP contribution >= 0.6 is 34.2 Å². The molecule has 16 heavy (non-hydrogen) atoms. The van der Waals surface area contributed by atoms with E-state index in [1.165, 1.54) is 0 Å². The summed E-state index contributed by atoms with van der Waals surface area (Å²) in [5, 5.41) is 0.594. The number of anilines is 1. The normalized spacial score (nSPS) is 11.8. The van der Waals surface area contributed by atoms with E-state index in [0.29, 0.717) is 10.7 Å². The maximum absolute atomic E-state index is 11.7. The maximum atomic E-state index is 11.7. The lowest BCUT2D eigenvalue weighted by molar-refractivity contribution is 0.587. The highest BCUT2D eigenvalue weighted by molar-refractivity contribution is 14.1. The van der Waals surface area contributed by atoms with Crippen LogP contribution in [0, 0.1) is 9.49 Å². The zero-order chi connectivity index (χ0) is 12.3. The summed E-state index contributed by atoms with van der Waals surface area (Å²) in [7, 11) is -3.27. The van der Waals surface area contributed by atoms with Gasteiger partial charge in [0.25, 0.3) is 0 Å². The Morgan fingerprint density at radius 1 is 1.44 bits per heavy atom. The van der Waals surface area contributed by atoms with Crippen molar-refractivity contribution in [3.05, 3.63) is 26.8 Å². The van der Waals surface area contributed by atoms with E-state index in [4.69, 9.17) is 11.6 Å². The Hall–Kier alpha value is -0.0100. The van der Waals surface area contributed by atoms with Crippen molar-refractivity contribution in [3.63, 3.8) is 0 Å². The fourth-order valence-corrected chi connectivity index (χ4v) is 3.88. The molecule has 0 aliphatic carbocycles. The monoisotopic (exact) mass is 373 g/mol. The molecule has 1 aromatic rings. The number of halogens is 2. The molecule has 0 heterocycles. The number of hydrogen-bond acceptors (Lipinski definition) is 2. The highest BCUT2D eigenvalue weighted by Crippen LogP contribution is 2.23. The number of hydrogen-bond donors (Lipinski definition) is 1. The highest BCUT2D eigenvalue weighted by atomic mass is 127. The van der Waals surface area contributed by atoms with Crippen molar-refractivity contribution in [2.75, 3.05) is 10.5 Å². The van der Waals surface area contributed by atoms with Crippen molar-refractivity contribution in [2.24, 2.45) is 5.92 Å². The number of sulfonamides is 1. The maximum Gasteiger partial charge on any atom is 0.233 e. The van der Waals surface area contributed by atoms with E-state index in [-0.39, 0.29) is 11.7 Å². The van der Waals surface area contributed by atoms with E-state index in [9.17, 15) is 8.42 Å². The first-order valence-electron chi connectivity index (χ1n) is 4.76. The molecule has 0 unspecified atom stereocenters. The quantitative estimate of drug-likeness (QED) is 0.823. The molecule has 0 saturated carbocycles. The van der Waals surface area contributed by atoms with Crippen LogP contribution in [0.25, 0.3) is 0 Å². The lowest BCUT2D eigenvalue weighted by Gasteiger charge is -2.11. The third-order valence-corrected chi connectivity index (χ3v) is 4.51. The molecule has 6 heteroatoms. The van der Waals surface area contributed by atoms with E-state index in [0.717, 1.165) is 3.57 Å². The number of nitrogens with one attached hydrogen (secondary N) is 1. The van der Waals surface area contributed by atoms with Crippen LogP contribution in [0.1, 0.15) is 13.8 Å². The smallest absolute Gasteiger partial charge is 0.233 e. The molecule has 90 valence electrons. The minimum atomic E-state index is -3.27. The van der Waals surface area contributed by atoms with Crippen LogP contribution in [0.15, 0.2) is 18.2 Å². The molecule has 0 aliphatic heterocycles. The molecule has 1 rings (SSSR count). The van der Waals surface area contributed by atoms with Gasteiger partial charge < -0.3 is 0 Å². The summed E-state index contributed by atoms with van der Waals surface area (Å²) in [5.74, 6) is 0.216. The Bertz CT molecular complexity index is 474. The third-order valence-electron chi connectivity index (χ3n) is 1.75. The van der Waals surface area contributed by atoms with Gasteiger partial charge >= 0.3 is 0 Å². The van der Waals surface area contributed by atoms with Crippen LogP contribution in [0.5, 0.6) is 0 Å². The van der Waals surface area contributed by atoms with Crippen molar-refractivity contribution in [1.29, 1.82) is 0 Å². The summed E-state index contributed by atoms with van der Waals surface area (Å²) in [4.78, 5) is 0. The van der Waals surface area contributed by atoms with Crippen molar-refractivity contribution in [3.8, 4) is 0 Å². The second kappa shape index (κ2) is 5.55. The van der Waals surface area contributed by atoms with Gasteiger partial charge in [0.05, 0.1) is 11.4 Å². The molecule has 0 aromatic heterocycles. The lowest BCUT2D eigenvalue weighted by atomic mass is 10.3. The van der Waals surface area contributed by atoms with Crippen LogP contribution < -0.4 is 4.72 Å². The lowest BCUT2D eigenvalue weighted by Crippen LogP contribution is -2.20. The minimum absolute atomic E-state index is 0.0995. The van der Waals surface area contributed by atoms with Crippen molar-refractivity contribution < 1.29 is 8.42 Å². The summed E-state index contributed by atoms with van der Waals surface area (Å²) in [5.41, 5.74) is 0.575. The minimum Gasteiger partial charge on any atom is -0.282 e. The van der Waals surface area contributed by atoms with Gasteiger partial charge in [-0.15, -0.1) is 0 Å². The molecule has 0 amide bonds. The molecule has 0 aliphatic rings. The van der Waals surface area contributed by atoms with Gasteiger partial charge in [0, 0.05) is 8.59 Å². The average molecular weight is 374 g/mol. The Morgan fingerprint density at radius 2 is 2.06 bits per heavy atom. The van der Waals surface area contributed by atoms with Gasteiger partial charge in [0.2, 0.25) is 10.0 Å². The highest BCUT2D eigenvalue weighted by Gasteiger charge is 2.14. The summed E-state index contributed by atoms with van der Waals surface area (Å²) in [6, 6.07) is 5.05. The van der Waals surface area contributed by atoms with Crippen molar-refractivity contribution >= 4 is 49.9 Å².